The molecule has 0 radical (unpaired) electrons. The summed E-state index contributed by atoms with van der Waals surface area (Å²) in [6.07, 6.45) is 11.7. The van der Waals surface area contributed by atoms with Gasteiger partial charge in [0.15, 0.2) is 0 Å². The van der Waals surface area contributed by atoms with Gasteiger partial charge in [0.05, 0.1) is 0 Å². The Bertz CT molecular complexity index is 198. The first-order valence-electron chi connectivity index (χ1n) is 7.49. The second-order valence-electron chi connectivity index (χ2n) is 6.36. The highest BCUT2D eigenvalue weighted by atomic mass is 14.9. The zero-order valence-electron chi connectivity index (χ0n) is 11.2. The van der Waals surface area contributed by atoms with Crippen LogP contribution in [-0.2, 0) is 0 Å². The summed E-state index contributed by atoms with van der Waals surface area (Å²) in [4.78, 5) is 0. The Labute approximate surface area is 101 Å². The Morgan fingerprint density at radius 3 is 2.44 bits per heavy atom. The van der Waals surface area contributed by atoms with E-state index in [2.05, 4.69) is 19.2 Å². The zero-order chi connectivity index (χ0) is 11.4. The average Bonchev–Trinajstić information content (AvgIpc) is 2.22. The first-order valence-corrected chi connectivity index (χ1v) is 7.49. The van der Waals surface area contributed by atoms with E-state index in [1.165, 1.54) is 57.9 Å². The van der Waals surface area contributed by atoms with Crippen molar-refractivity contribution in [1.82, 2.24) is 5.32 Å². The molecular weight excluding hydrogens is 194 g/mol. The molecule has 0 aromatic rings. The highest BCUT2D eigenvalue weighted by molar-refractivity contribution is 4.78. The summed E-state index contributed by atoms with van der Waals surface area (Å²) in [6, 6.07) is 0.749. The van der Waals surface area contributed by atoms with Crippen molar-refractivity contribution in [2.75, 3.05) is 6.54 Å². The summed E-state index contributed by atoms with van der Waals surface area (Å²) in [7, 11) is 0. The van der Waals surface area contributed by atoms with Gasteiger partial charge in [0.2, 0.25) is 0 Å². The van der Waals surface area contributed by atoms with E-state index in [1.54, 1.807) is 0 Å². The molecule has 0 heterocycles. The molecule has 0 amide bonds. The minimum Gasteiger partial charge on any atom is -0.314 e. The van der Waals surface area contributed by atoms with Gasteiger partial charge in [-0.3, -0.25) is 0 Å². The van der Waals surface area contributed by atoms with Gasteiger partial charge < -0.3 is 5.32 Å². The van der Waals surface area contributed by atoms with Crippen LogP contribution in [0.5, 0.6) is 0 Å². The highest BCUT2D eigenvalue weighted by Gasteiger charge is 2.23. The summed E-state index contributed by atoms with van der Waals surface area (Å²) in [5.74, 6) is 2.96. The van der Waals surface area contributed by atoms with Crippen LogP contribution in [0, 0.1) is 17.8 Å². The van der Waals surface area contributed by atoms with Crippen LogP contribution in [0.15, 0.2) is 0 Å². The van der Waals surface area contributed by atoms with Crippen LogP contribution in [0.2, 0.25) is 0 Å². The maximum Gasteiger partial charge on any atom is 0.00414 e. The third-order valence-corrected chi connectivity index (χ3v) is 4.93. The Hall–Kier alpha value is -0.0400. The van der Waals surface area contributed by atoms with Crippen molar-refractivity contribution in [3.8, 4) is 0 Å². The lowest BCUT2D eigenvalue weighted by Crippen LogP contribution is -2.36. The standard InChI is InChI=1S/C15H29N/c1-12-6-3-4-9-15(12)11-16-13(2)10-14-7-5-8-14/h12-16H,3-11H2,1-2H3. The van der Waals surface area contributed by atoms with Crippen molar-refractivity contribution in [3.63, 3.8) is 0 Å². The molecule has 0 spiro atoms. The number of nitrogens with one attached hydrogen (secondary N) is 1. The molecule has 2 saturated carbocycles. The normalized spacial score (nSPS) is 33.4. The molecule has 0 bridgehead atoms. The number of hydrogen-bond acceptors (Lipinski definition) is 1. The molecule has 0 saturated heterocycles. The Morgan fingerprint density at radius 2 is 1.81 bits per heavy atom. The molecule has 2 rings (SSSR count). The van der Waals surface area contributed by atoms with Crippen LogP contribution in [0.25, 0.3) is 0 Å². The lowest BCUT2D eigenvalue weighted by molar-refractivity contribution is 0.223. The van der Waals surface area contributed by atoms with Gasteiger partial charge in [0, 0.05) is 6.04 Å². The molecule has 2 aliphatic carbocycles. The predicted octanol–water partition coefficient (Wildman–Crippen LogP) is 3.98. The minimum absolute atomic E-state index is 0.749. The fourth-order valence-corrected chi connectivity index (χ4v) is 3.36. The van der Waals surface area contributed by atoms with Crippen molar-refractivity contribution in [2.45, 2.75) is 71.3 Å². The predicted molar refractivity (Wildman–Crippen MR) is 70.5 cm³/mol. The van der Waals surface area contributed by atoms with Gasteiger partial charge >= 0.3 is 0 Å². The van der Waals surface area contributed by atoms with E-state index < -0.39 is 0 Å². The van der Waals surface area contributed by atoms with Gasteiger partial charge in [0.25, 0.3) is 0 Å². The molecule has 0 aromatic carbocycles. The largest absolute Gasteiger partial charge is 0.314 e. The van der Waals surface area contributed by atoms with Crippen LogP contribution >= 0.6 is 0 Å². The SMILES string of the molecule is CC(CC1CCC1)NCC1CCCCC1C. The van der Waals surface area contributed by atoms with E-state index in [0.717, 1.165) is 23.8 Å². The smallest absolute Gasteiger partial charge is 0.00414 e. The fourth-order valence-electron chi connectivity index (χ4n) is 3.36. The van der Waals surface area contributed by atoms with E-state index in [-0.39, 0.29) is 0 Å². The van der Waals surface area contributed by atoms with E-state index >= 15 is 0 Å². The highest BCUT2D eigenvalue weighted by Crippen LogP contribution is 2.31. The first kappa shape index (κ1) is 12.4. The van der Waals surface area contributed by atoms with E-state index in [4.69, 9.17) is 0 Å². The van der Waals surface area contributed by atoms with Gasteiger partial charge in [-0.25, -0.2) is 0 Å². The summed E-state index contributed by atoms with van der Waals surface area (Å²) < 4.78 is 0. The van der Waals surface area contributed by atoms with Crippen molar-refractivity contribution in [2.24, 2.45) is 17.8 Å². The lowest BCUT2D eigenvalue weighted by atomic mass is 9.79. The Morgan fingerprint density at radius 1 is 1.06 bits per heavy atom. The summed E-state index contributed by atoms with van der Waals surface area (Å²) in [5.41, 5.74) is 0. The summed E-state index contributed by atoms with van der Waals surface area (Å²) >= 11 is 0. The van der Waals surface area contributed by atoms with E-state index in [1.807, 2.05) is 0 Å². The van der Waals surface area contributed by atoms with E-state index in [0.29, 0.717) is 0 Å². The van der Waals surface area contributed by atoms with Crippen LogP contribution in [-0.4, -0.2) is 12.6 Å². The molecule has 3 unspecified atom stereocenters. The molecule has 1 heteroatoms. The zero-order valence-corrected chi connectivity index (χ0v) is 11.2. The molecule has 1 nitrogen and oxygen atoms in total. The Balaban J connectivity index is 1.61. The van der Waals surface area contributed by atoms with Gasteiger partial charge in [-0.05, 0) is 44.1 Å². The van der Waals surface area contributed by atoms with Gasteiger partial charge in [-0.15, -0.1) is 0 Å². The molecule has 16 heavy (non-hydrogen) atoms. The Kier molecular flexibility index (Phi) is 4.69. The third-order valence-electron chi connectivity index (χ3n) is 4.93. The van der Waals surface area contributed by atoms with Crippen molar-refractivity contribution in [1.29, 1.82) is 0 Å². The van der Waals surface area contributed by atoms with Gasteiger partial charge in [-0.2, -0.15) is 0 Å². The number of rotatable bonds is 5. The maximum absolute atomic E-state index is 3.78. The van der Waals surface area contributed by atoms with E-state index in [9.17, 15) is 0 Å². The van der Waals surface area contributed by atoms with Crippen molar-refractivity contribution >= 4 is 0 Å². The molecular formula is C15H29N. The molecule has 2 aliphatic rings. The molecule has 2 fully saturated rings. The first-order chi connectivity index (χ1) is 7.75. The topological polar surface area (TPSA) is 12.0 Å². The minimum atomic E-state index is 0.749. The number of hydrogen-bond donors (Lipinski definition) is 1. The molecule has 94 valence electrons. The molecule has 3 atom stereocenters. The summed E-state index contributed by atoms with van der Waals surface area (Å²) in [6.45, 7) is 6.10. The van der Waals surface area contributed by atoms with Crippen LogP contribution in [0.1, 0.15) is 65.2 Å². The maximum atomic E-state index is 3.78. The van der Waals surface area contributed by atoms with Gasteiger partial charge in [-0.1, -0.05) is 45.4 Å². The third kappa shape index (κ3) is 3.48. The monoisotopic (exact) mass is 223 g/mol. The fraction of sp³-hybridized carbons (Fsp3) is 1.00. The molecule has 0 aliphatic heterocycles. The van der Waals surface area contributed by atoms with Crippen molar-refractivity contribution in [3.05, 3.63) is 0 Å². The molecule has 1 N–H and O–H groups in total. The average molecular weight is 223 g/mol. The second-order valence-corrected chi connectivity index (χ2v) is 6.36. The lowest BCUT2D eigenvalue weighted by Gasteiger charge is -2.32. The van der Waals surface area contributed by atoms with Crippen LogP contribution in [0.3, 0.4) is 0 Å². The second kappa shape index (κ2) is 6.05. The summed E-state index contributed by atoms with van der Waals surface area (Å²) in [5, 5.41) is 3.78. The molecule has 0 aromatic heterocycles. The van der Waals surface area contributed by atoms with Gasteiger partial charge in [0.1, 0.15) is 0 Å². The quantitative estimate of drug-likeness (QED) is 0.743. The van der Waals surface area contributed by atoms with Crippen LogP contribution in [0.4, 0.5) is 0 Å². The van der Waals surface area contributed by atoms with Crippen molar-refractivity contribution < 1.29 is 0 Å². The van der Waals surface area contributed by atoms with Crippen LogP contribution < -0.4 is 5.32 Å².